The summed E-state index contributed by atoms with van der Waals surface area (Å²) in [7, 11) is -2.50. The minimum Gasteiger partial charge on any atom is -0.497 e. The number of sulfonamides is 1. The number of carbonyl (C=O) groups is 1. The van der Waals surface area contributed by atoms with Gasteiger partial charge in [-0.05, 0) is 18.2 Å². The van der Waals surface area contributed by atoms with Crippen molar-refractivity contribution in [2.75, 3.05) is 12.4 Å². The molecule has 2 aromatic rings. The lowest BCUT2D eigenvalue weighted by molar-refractivity contribution is -0.114. The molecule has 0 spiro atoms. The number of anilines is 1. The third kappa shape index (κ3) is 3.38. The largest absolute Gasteiger partial charge is 0.497 e. The molecule has 0 unspecified atom stereocenters. The maximum Gasteiger partial charge on any atom is 0.238 e. The van der Waals surface area contributed by atoms with Crippen LogP contribution in [0.15, 0.2) is 33.7 Å². The zero-order chi connectivity index (χ0) is 15.6. The minimum atomic E-state index is -3.94. The van der Waals surface area contributed by atoms with E-state index in [1.807, 2.05) is 0 Å². The number of hydrogen-bond acceptors (Lipinski definition) is 6. The molecule has 0 aliphatic heterocycles. The summed E-state index contributed by atoms with van der Waals surface area (Å²) in [6.07, 6.45) is 0. The summed E-state index contributed by atoms with van der Waals surface area (Å²) in [4.78, 5) is 10.8. The van der Waals surface area contributed by atoms with Crippen LogP contribution in [0.25, 0.3) is 11.3 Å². The molecule has 112 valence electrons. The standard InChI is InChI=1S/C12H13N3O5S/c1-7(16)14-12-6-10(15-20-12)9-5-8(19-2)3-4-11(9)21(13,17)18/h3-6H,1-2H3,(H,14,16)(H2,13,17,18). The van der Waals surface area contributed by atoms with Gasteiger partial charge in [0.15, 0.2) is 0 Å². The van der Waals surface area contributed by atoms with Crippen LogP contribution < -0.4 is 15.2 Å². The topological polar surface area (TPSA) is 125 Å². The maximum atomic E-state index is 11.6. The Morgan fingerprint density at radius 2 is 2.10 bits per heavy atom. The second-order valence-electron chi connectivity index (χ2n) is 4.16. The summed E-state index contributed by atoms with van der Waals surface area (Å²) in [5.41, 5.74) is 0.430. The van der Waals surface area contributed by atoms with Crippen LogP contribution in [-0.2, 0) is 14.8 Å². The van der Waals surface area contributed by atoms with Crippen molar-refractivity contribution in [3.05, 3.63) is 24.3 Å². The summed E-state index contributed by atoms with van der Waals surface area (Å²) < 4.78 is 33.2. The highest BCUT2D eigenvalue weighted by Gasteiger charge is 2.19. The van der Waals surface area contributed by atoms with Gasteiger partial charge in [0, 0.05) is 18.6 Å². The zero-order valence-corrected chi connectivity index (χ0v) is 12.1. The van der Waals surface area contributed by atoms with Crippen molar-refractivity contribution < 1.29 is 22.5 Å². The molecule has 0 radical (unpaired) electrons. The second kappa shape index (κ2) is 5.54. The summed E-state index contributed by atoms with van der Waals surface area (Å²) in [5.74, 6) is 0.192. The van der Waals surface area contributed by atoms with Gasteiger partial charge >= 0.3 is 0 Å². The van der Waals surface area contributed by atoms with Crippen molar-refractivity contribution in [2.45, 2.75) is 11.8 Å². The summed E-state index contributed by atoms with van der Waals surface area (Å²) in [5, 5.41) is 11.3. The van der Waals surface area contributed by atoms with Gasteiger partial charge in [-0.1, -0.05) is 5.16 Å². The molecule has 1 aromatic carbocycles. The number of nitrogens with two attached hydrogens (primary N) is 1. The molecular weight excluding hydrogens is 298 g/mol. The fourth-order valence-electron chi connectivity index (χ4n) is 1.72. The van der Waals surface area contributed by atoms with Crippen LogP contribution >= 0.6 is 0 Å². The smallest absolute Gasteiger partial charge is 0.238 e. The highest BCUT2D eigenvalue weighted by molar-refractivity contribution is 7.89. The van der Waals surface area contributed by atoms with Crippen LogP contribution in [0.3, 0.4) is 0 Å². The van der Waals surface area contributed by atoms with Gasteiger partial charge in [0.25, 0.3) is 0 Å². The molecule has 1 heterocycles. The molecule has 9 heteroatoms. The van der Waals surface area contributed by atoms with E-state index < -0.39 is 10.0 Å². The first kappa shape index (κ1) is 15.0. The van der Waals surface area contributed by atoms with Gasteiger partial charge in [0.1, 0.15) is 11.4 Å². The number of benzene rings is 1. The lowest BCUT2D eigenvalue weighted by atomic mass is 10.1. The Morgan fingerprint density at radius 3 is 2.67 bits per heavy atom. The molecule has 0 saturated heterocycles. The van der Waals surface area contributed by atoms with E-state index in [0.717, 1.165) is 0 Å². The number of ether oxygens (including phenoxy) is 1. The van der Waals surface area contributed by atoms with Gasteiger partial charge in [0.05, 0.1) is 12.0 Å². The van der Waals surface area contributed by atoms with Gasteiger partial charge in [-0.15, -0.1) is 0 Å². The van der Waals surface area contributed by atoms with Gasteiger partial charge in [-0.3, -0.25) is 10.1 Å². The number of primary sulfonamides is 1. The number of amides is 1. The fourth-order valence-corrected chi connectivity index (χ4v) is 2.45. The molecule has 0 atom stereocenters. The van der Waals surface area contributed by atoms with E-state index >= 15 is 0 Å². The summed E-state index contributed by atoms with van der Waals surface area (Å²) >= 11 is 0. The molecule has 0 saturated carbocycles. The van der Waals surface area contributed by atoms with Gasteiger partial charge < -0.3 is 9.26 Å². The number of nitrogens with zero attached hydrogens (tertiary/aromatic N) is 1. The average molecular weight is 311 g/mol. The lowest BCUT2D eigenvalue weighted by Gasteiger charge is -2.07. The predicted octanol–water partition coefficient (Wildman–Crippen LogP) is 0.956. The number of rotatable bonds is 4. The Balaban J connectivity index is 2.55. The SMILES string of the molecule is COc1ccc(S(N)(=O)=O)c(-c2cc(NC(C)=O)on2)c1. The lowest BCUT2D eigenvalue weighted by Crippen LogP contribution is -2.13. The summed E-state index contributed by atoms with van der Waals surface area (Å²) in [6.45, 7) is 1.31. The number of hydrogen-bond donors (Lipinski definition) is 2. The highest BCUT2D eigenvalue weighted by Crippen LogP contribution is 2.31. The van der Waals surface area contributed by atoms with Crippen LogP contribution in [0.4, 0.5) is 5.88 Å². The Hall–Kier alpha value is -2.39. The molecule has 1 amide bonds. The highest BCUT2D eigenvalue weighted by atomic mass is 32.2. The van der Waals surface area contributed by atoms with Gasteiger partial charge in [0.2, 0.25) is 21.8 Å². The molecule has 0 aliphatic rings. The van der Waals surface area contributed by atoms with Crippen molar-refractivity contribution in [3.8, 4) is 17.0 Å². The second-order valence-corrected chi connectivity index (χ2v) is 5.69. The molecule has 21 heavy (non-hydrogen) atoms. The monoisotopic (exact) mass is 311 g/mol. The Labute approximate surface area is 120 Å². The average Bonchev–Trinajstić information content (AvgIpc) is 2.84. The van der Waals surface area contributed by atoms with Gasteiger partial charge in [-0.2, -0.15) is 0 Å². The molecule has 8 nitrogen and oxygen atoms in total. The first-order chi connectivity index (χ1) is 9.81. The molecule has 3 N–H and O–H groups in total. The summed E-state index contributed by atoms with van der Waals surface area (Å²) in [6, 6.07) is 5.65. The van der Waals surface area contributed by atoms with E-state index in [1.165, 1.54) is 38.3 Å². The maximum absolute atomic E-state index is 11.6. The third-order valence-corrected chi connectivity index (χ3v) is 3.55. The quantitative estimate of drug-likeness (QED) is 0.866. The number of carbonyl (C=O) groups excluding carboxylic acids is 1. The van der Waals surface area contributed by atoms with Gasteiger partial charge in [-0.25, -0.2) is 13.6 Å². The zero-order valence-electron chi connectivity index (χ0n) is 11.3. The van der Waals surface area contributed by atoms with Crippen molar-refractivity contribution in [2.24, 2.45) is 5.14 Å². The van der Waals surface area contributed by atoms with Crippen molar-refractivity contribution in [3.63, 3.8) is 0 Å². The van der Waals surface area contributed by atoms with Crippen LogP contribution in [0.2, 0.25) is 0 Å². The Bertz CT molecular complexity index is 782. The minimum absolute atomic E-state index is 0.0979. The number of methoxy groups -OCH3 is 1. The van der Waals surface area contributed by atoms with Crippen LogP contribution in [0.5, 0.6) is 5.75 Å². The molecule has 0 bridgehead atoms. The van der Waals surface area contributed by atoms with E-state index in [0.29, 0.717) is 5.75 Å². The third-order valence-electron chi connectivity index (χ3n) is 2.58. The Morgan fingerprint density at radius 1 is 1.38 bits per heavy atom. The molecule has 0 fully saturated rings. The van der Waals surface area contributed by atoms with E-state index in [9.17, 15) is 13.2 Å². The van der Waals surface area contributed by atoms with E-state index in [1.54, 1.807) is 0 Å². The van der Waals surface area contributed by atoms with E-state index in [2.05, 4.69) is 10.5 Å². The first-order valence-corrected chi connectivity index (χ1v) is 7.31. The first-order valence-electron chi connectivity index (χ1n) is 5.77. The predicted molar refractivity (Wildman–Crippen MR) is 74.2 cm³/mol. The van der Waals surface area contributed by atoms with Crippen LogP contribution in [0.1, 0.15) is 6.92 Å². The van der Waals surface area contributed by atoms with Crippen LogP contribution in [-0.4, -0.2) is 26.6 Å². The van der Waals surface area contributed by atoms with Crippen molar-refractivity contribution in [1.29, 1.82) is 0 Å². The number of nitrogens with one attached hydrogen (secondary N) is 1. The van der Waals surface area contributed by atoms with Crippen molar-refractivity contribution >= 4 is 21.8 Å². The van der Waals surface area contributed by atoms with Crippen molar-refractivity contribution in [1.82, 2.24) is 5.16 Å². The Kier molecular flexibility index (Phi) is 3.96. The number of aromatic nitrogens is 1. The van der Waals surface area contributed by atoms with Crippen LogP contribution in [0, 0.1) is 0 Å². The molecular formula is C12H13N3O5S. The van der Waals surface area contributed by atoms with E-state index in [4.69, 9.17) is 14.4 Å². The molecule has 2 rings (SSSR count). The normalized spacial score (nSPS) is 11.2. The molecule has 0 aliphatic carbocycles. The van der Waals surface area contributed by atoms with E-state index in [-0.39, 0.29) is 27.9 Å². The molecule has 1 aromatic heterocycles. The fraction of sp³-hybridized carbons (Fsp3) is 0.167.